The van der Waals surface area contributed by atoms with E-state index in [9.17, 15) is 9.59 Å². The van der Waals surface area contributed by atoms with Crippen molar-refractivity contribution in [3.63, 3.8) is 0 Å². The highest BCUT2D eigenvalue weighted by molar-refractivity contribution is 5.79. The summed E-state index contributed by atoms with van der Waals surface area (Å²) in [6.07, 6.45) is 1.21. The summed E-state index contributed by atoms with van der Waals surface area (Å²) in [7, 11) is 1.65. The Kier molecular flexibility index (Phi) is 8.12. The van der Waals surface area contributed by atoms with E-state index < -0.39 is 0 Å². The molecule has 0 aromatic heterocycles. The molecule has 25 heavy (non-hydrogen) atoms. The third-order valence-corrected chi connectivity index (χ3v) is 5.06. The van der Waals surface area contributed by atoms with Crippen molar-refractivity contribution in [3.8, 4) is 0 Å². The van der Waals surface area contributed by atoms with E-state index in [1.54, 1.807) is 7.11 Å². The number of hydrogen-bond acceptors (Lipinski definition) is 5. The molecule has 2 aliphatic heterocycles. The molecule has 0 spiro atoms. The molecule has 0 aliphatic carbocycles. The van der Waals surface area contributed by atoms with Gasteiger partial charge < -0.3 is 19.9 Å². The van der Waals surface area contributed by atoms with Crippen molar-refractivity contribution in [1.82, 2.24) is 20.0 Å². The molecule has 2 amide bonds. The Morgan fingerprint density at radius 3 is 2.24 bits per heavy atom. The number of carbonyl (C=O) groups excluding carboxylic acids is 2. The average Bonchev–Trinajstić information content (AvgIpc) is 2.58. The van der Waals surface area contributed by atoms with Gasteiger partial charge in [0, 0.05) is 52.9 Å². The molecule has 0 saturated carbocycles. The maximum atomic E-state index is 12.6. The monoisotopic (exact) mass is 354 g/mol. The van der Waals surface area contributed by atoms with Gasteiger partial charge in [-0.25, -0.2) is 0 Å². The number of amides is 2. The Balaban J connectivity index is 1.67. The molecule has 1 N–H and O–H groups in total. The number of carbonyl (C=O) groups is 2. The summed E-state index contributed by atoms with van der Waals surface area (Å²) in [6, 6.07) is 0. The van der Waals surface area contributed by atoms with Crippen LogP contribution in [0.25, 0.3) is 0 Å². The summed E-state index contributed by atoms with van der Waals surface area (Å²) in [4.78, 5) is 30.8. The van der Waals surface area contributed by atoms with Gasteiger partial charge in [0.05, 0.1) is 19.7 Å². The molecule has 2 fully saturated rings. The summed E-state index contributed by atoms with van der Waals surface area (Å²) in [6.45, 7) is 11.3. The van der Waals surface area contributed by atoms with Crippen molar-refractivity contribution in [3.05, 3.63) is 0 Å². The predicted molar refractivity (Wildman–Crippen MR) is 97.3 cm³/mol. The lowest BCUT2D eigenvalue weighted by molar-refractivity contribution is -0.136. The lowest BCUT2D eigenvalue weighted by Gasteiger charge is -2.38. The lowest BCUT2D eigenvalue weighted by Crippen LogP contribution is -2.54. The fraction of sp³-hybridized carbons (Fsp3) is 0.889. The van der Waals surface area contributed by atoms with E-state index in [0.29, 0.717) is 51.2 Å². The van der Waals surface area contributed by atoms with Crippen molar-refractivity contribution >= 4 is 11.8 Å². The van der Waals surface area contributed by atoms with E-state index in [-0.39, 0.29) is 11.8 Å². The molecule has 0 aromatic carbocycles. The number of nitrogens with one attached hydrogen (secondary N) is 1. The van der Waals surface area contributed by atoms with Crippen molar-refractivity contribution in [1.29, 1.82) is 0 Å². The molecule has 0 bridgehead atoms. The van der Waals surface area contributed by atoms with Gasteiger partial charge in [0.25, 0.3) is 0 Å². The van der Waals surface area contributed by atoms with E-state index in [1.807, 2.05) is 9.80 Å². The van der Waals surface area contributed by atoms with Crippen LogP contribution in [0.5, 0.6) is 0 Å². The van der Waals surface area contributed by atoms with Crippen LogP contribution in [0, 0.1) is 11.8 Å². The number of piperazine rings is 1. The van der Waals surface area contributed by atoms with Crippen LogP contribution in [-0.2, 0) is 14.3 Å². The van der Waals surface area contributed by atoms with Crippen LogP contribution in [0.15, 0.2) is 0 Å². The van der Waals surface area contributed by atoms with Gasteiger partial charge in [-0.1, -0.05) is 13.8 Å². The molecule has 0 radical (unpaired) electrons. The van der Waals surface area contributed by atoms with Gasteiger partial charge >= 0.3 is 0 Å². The molecular formula is C18H34N4O3. The minimum atomic E-state index is 0.126. The molecule has 2 rings (SSSR count). The van der Waals surface area contributed by atoms with Crippen LogP contribution in [0.1, 0.15) is 20.3 Å². The SMILES string of the molecule is COCCNCC(=O)N1CCN(CC(=O)N2CC(C)CC(C)C2)CC1. The highest BCUT2D eigenvalue weighted by Gasteiger charge is 2.28. The van der Waals surface area contributed by atoms with E-state index in [0.717, 1.165) is 26.2 Å². The second-order valence-electron chi connectivity index (χ2n) is 7.57. The molecule has 144 valence electrons. The Hall–Kier alpha value is -1.18. The molecule has 2 saturated heterocycles. The van der Waals surface area contributed by atoms with E-state index >= 15 is 0 Å². The first kappa shape index (κ1) is 20.1. The number of piperidine rings is 1. The number of likely N-dealkylation sites (tertiary alicyclic amines) is 1. The van der Waals surface area contributed by atoms with Gasteiger partial charge in [0.1, 0.15) is 0 Å². The first-order valence-electron chi connectivity index (χ1n) is 9.47. The molecule has 2 atom stereocenters. The molecule has 0 aromatic rings. The van der Waals surface area contributed by atoms with Crippen molar-refractivity contribution < 1.29 is 14.3 Å². The number of methoxy groups -OCH3 is 1. The summed E-state index contributed by atoms with van der Waals surface area (Å²) in [5.74, 6) is 1.54. The highest BCUT2D eigenvalue weighted by Crippen LogP contribution is 2.21. The number of nitrogens with zero attached hydrogens (tertiary/aromatic N) is 3. The van der Waals surface area contributed by atoms with E-state index in [2.05, 4.69) is 24.1 Å². The molecular weight excluding hydrogens is 320 g/mol. The Labute approximate surface area is 151 Å². The minimum Gasteiger partial charge on any atom is -0.383 e. The first-order chi connectivity index (χ1) is 12.0. The van der Waals surface area contributed by atoms with Crippen molar-refractivity contribution in [2.75, 3.05) is 72.6 Å². The zero-order valence-corrected chi connectivity index (χ0v) is 16.0. The van der Waals surface area contributed by atoms with Crippen LogP contribution < -0.4 is 5.32 Å². The summed E-state index contributed by atoms with van der Waals surface area (Å²) >= 11 is 0. The highest BCUT2D eigenvalue weighted by atomic mass is 16.5. The fourth-order valence-corrected chi connectivity index (χ4v) is 3.79. The third-order valence-electron chi connectivity index (χ3n) is 5.06. The van der Waals surface area contributed by atoms with Gasteiger partial charge in [0.15, 0.2) is 0 Å². The van der Waals surface area contributed by atoms with E-state index in [4.69, 9.17) is 4.74 Å². The quantitative estimate of drug-likeness (QED) is 0.646. The van der Waals surface area contributed by atoms with Gasteiger partial charge in [-0.3, -0.25) is 14.5 Å². The summed E-state index contributed by atoms with van der Waals surface area (Å²) in [5.41, 5.74) is 0. The van der Waals surface area contributed by atoms with Gasteiger partial charge in [-0.05, 0) is 18.3 Å². The van der Waals surface area contributed by atoms with Crippen molar-refractivity contribution in [2.24, 2.45) is 11.8 Å². The van der Waals surface area contributed by atoms with E-state index in [1.165, 1.54) is 6.42 Å². The average molecular weight is 354 g/mol. The summed E-state index contributed by atoms with van der Waals surface area (Å²) < 4.78 is 4.95. The standard InChI is InChI=1S/C18H34N4O3/c1-15-10-16(2)13-22(12-15)18(24)14-20-5-7-21(8-6-20)17(23)11-19-4-9-25-3/h15-16,19H,4-14H2,1-3H3. The maximum Gasteiger partial charge on any atom is 0.236 e. The van der Waals surface area contributed by atoms with Crippen LogP contribution in [0.3, 0.4) is 0 Å². The van der Waals surface area contributed by atoms with Crippen LogP contribution >= 0.6 is 0 Å². The Bertz CT molecular complexity index is 428. The normalized spacial score (nSPS) is 25.2. The molecule has 2 heterocycles. The molecule has 7 nitrogen and oxygen atoms in total. The maximum absolute atomic E-state index is 12.6. The third kappa shape index (κ3) is 6.56. The topological polar surface area (TPSA) is 65.1 Å². The van der Waals surface area contributed by atoms with Crippen molar-refractivity contribution in [2.45, 2.75) is 20.3 Å². The van der Waals surface area contributed by atoms with Crippen LogP contribution in [0.4, 0.5) is 0 Å². The molecule has 2 unspecified atom stereocenters. The van der Waals surface area contributed by atoms with Gasteiger partial charge in [0.2, 0.25) is 11.8 Å². The Morgan fingerprint density at radius 1 is 1.00 bits per heavy atom. The minimum absolute atomic E-state index is 0.126. The number of hydrogen-bond donors (Lipinski definition) is 1. The van der Waals surface area contributed by atoms with Gasteiger partial charge in [-0.2, -0.15) is 0 Å². The second-order valence-corrected chi connectivity index (χ2v) is 7.57. The fourth-order valence-electron chi connectivity index (χ4n) is 3.79. The van der Waals surface area contributed by atoms with Crippen LogP contribution in [-0.4, -0.2) is 99.1 Å². The second kappa shape index (κ2) is 10.1. The lowest BCUT2D eigenvalue weighted by atomic mass is 9.92. The molecule has 2 aliphatic rings. The largest absolute Gasteiger partial charge is 0.383 e. The zero-order chi connectivity index (χ0) is 18.2. The number of rotatable bonds is 7. The summed E-state index contributed by atoms with van der Waals surface area (Å²) in [5, 5.41) is 3.09. The number of ether oxygens (including phenoxy) is 1. The van der Waals surface area contributed by atoms with Gasteiger partial charge in [-0.15, -0.1) is 0 Å². The Morgan fingerprint density at radius 2 is 1.64 bits per heavy atom. The zero-order valence-electron chi connectivity index (χ0n) is 16.0. The van der Waals surface area contributed by atoms with Crippen LogP contribution in [0.2, 0.25) is 0 Å². The molecule has 7 heteroatoms. The first-order valence-corrected chi connectivity index (χ1v) is 9.47. The smallest absolute Gasteiger partial charge is 0.236 e. The predicted octanol–water partition coefficient (Wildman–Crippen LogP) is -0.129.